The Morgan fingerprint density at radius 3 is 2.79 bits per heavy atom. The number of hydrogen-bond acceptors (Lipinski definition) is 8. The number of methoxy groups -OCH3 is 2. The Balaban J connectivity index is 1.58. The summed E-state index contributed by atoms with van der Waals surface area (Å²) in [6.07, 6.45) is 0.207. The van der Waals surface area contributed by atoms with Crippen molar-refractivity contribution >= 4 is 34.2 Å². The molecule has 1 aromatic heterocycles. The fraction of sp³-hybridized carbons (Fsp3) is 0.421. The van der Waals surface area contributed by atoms with Crippen LogP contribution in [0.2, 0.25) is 0 Å². The van der Waals surface area contributed by atoms with Gasteiger partial charge in [-0.25, -0.2) is 9.78 Å². The molecule has 10 heteroatoms. The highest BCUT2D eigenvalue weighted by molar-refractivity contribution is 7.15. The van der Waals surface area contributed by atoms with E-state index in [1.807, 2.05) is 4.90 Å². The van der Waals surface area contributed by atoms with E-state index in [0.717, 1.165) is 17.0 Å². The summed E-state index contributed by atoms with van der Waals surface area (Å²) in [7, 11) is 3.12. The number of nitrogens with zero attached hydrogens (tertiary/aromatic N) is 2. The molecular weight excluding hydrogens is 396 g/mol. The molecule has 3 rings (SSSR count). The second kappa shape index (κ2) is 9.57. The Kier molecular flexibility index (Phi) is 6.89. The molecule has 0 fully saturated rings. The molecule has 0 bridgehead atoms. The lowest BCUT2D eigenvalue weighted by Gasteiger charge is -2.25. The third-order valence-electron chi connectivity index (χ3n) is 4.34. The summed E-state index contributed by atoms with van der Waals surface area (Å²) < 4.78 is 15.4. The number of thiazole rings is 1. The average Bonchev–Trinajstić information content (AvgIpc) is 3.09. The molecule has 9 nitrogen and oxygen atoms in total. The number of rotatable bonds is 7. The summed E-state index contributed by atoms with van der Waals surface area (Å²) >= 11 is 1.40. The maximum absolute atomic E-state index is 12.5. The van der Waals surface area contributed by atoms with Crippen LogP contribution in [-0.2, 0) is 22.5 Å². The number of carbonyl (C=O) groups excluding carboxylic acids is 2. The molecule has 0 atom stereocenters. The number of ether oxygens (including phenoxy) is 3. The minimum atomic E-state index is -0.511. The van der Waals surface area contributed by atoms with Crippen molar-refractivity contribution < 1.29 is 23.8 Å². The molecule has 0 unspecified atom stereocenters. The third kappa shape index (κ3) is 5.36. The van der Waals surface area contributed by atoms with Gasteiger partial charge in [0.1, 0.15) is 11.5 Å². The maximum atomic E-state index is 12.5. The number of amides is 2. The normalized spacial score (nSPS) is 13.3. The van der Waals surface area contributed by atoms with Crippen LogP contribution in [0.25, 0.3) is 0 Å². The molecule has 0 saturated heterocycles. The first kappa shape index (κ1) is 20.9. The van der Waals surface area contributed by atoms with E-state index in [1.54, 1.807) is 39.3 Å². The van der Waals surface area contributed by atoms with Crippen LogP contribution in [0.5, 0.6) is 11.5 Å². The van der Waals surface area contributed by atoms with E-state index < -0.39 is 6.09 Å². The van der Waals surface area contributed by atoms with Gasteiger partial charge in [0.15, 0.2) is 5.13 Å². The molecule has 1 aliphatic rings. The van der Waals surface area contributed by atoms with Gasteiger partial charge in [0.25, 0.3) is 0 Å². The summed E-state index contributed by atoms with van der Waals surface area (Å²) in [6.45, 7) is 3.61. The van der Waals surface area contributed by atoms with Crippen molar-refractivity contribution in [2.75, 3.05) is 44.5 Å². The predicted molar refractivity (Wildman–Crippen MR) is 110 cm³/mol. The van der Waals surface area contributed by atoms with Gasteiger partial charge in [0, 0.05) is 30.5 Å². The Hall–Kier alpha value is -2.85. The monoisotopic (exact) mass is 420 g/mol. The second-order valence-electron chi connectivity index (χ2n) is 6.31. The van der Waals surface area contributed by atoms with E-state index in [9.17, 15) is 9.59 Å². The predicted octanol–water partition coefficient (Wildman–Crippen LogP) is 2.73. The average molecular weight is 420 g/mol. The first-order valence-electron chi connectivity index (χ1n) is 9.19. The first-order valence-corrected chi connectivity index (χ1v) is 10.0. The number of benzene rings is 1. The van der Waals surface area contributed by atoms with Crippen LogP contribution in [-0.4, -0.2) is 55.8 Å². The highest BCUT2D eigenvalue weighted by Crippen LogP contribution is 2.30. The van der Waals surface area contributed by atoms with E-state index in [0.29, 0.717) is 42.0 Å². The first-order chi connectivity index (χ1) is 14.0. The van der Waals surface area contributed by atoms with Crippen molar-refractivity contribution in [3.8, 4) is 11.5 Å². The molecule has 2 amide bonds. The Bertz CT molecular complexity index is 885. The van der Waals surface area contributed by atoms with Crippen LogP contribution >= 0.6 is 11.3 Å². The standard InChI is InChI=1S/C19H24N4O5S/c1-4-28-19(25)22-18-21-14-7-8-23(10-16(14)29-18)11-17(24)20-13-6-5-12(26-2)9-15(13)27-3/h5-6,9H,4,7-8,10-11H2,1-3H3,(H,20,24)(H,21,22,25). The molecule has 29 heavy (non-hydrogen) atoms. The number of hydrogen-bond donors (Lipinski definition) is 2. The lowest BCUT2D eigenvalue weighted by atomic mass is 10.2. The van der Waals surface area contributed by atoms with Crippen LogP contribution < -0.4 is 20.1 Å². The van der Waals surface area contributed by atoms with Crippen LogP contribution in [0.3, 0.4) is 0 Å². The fourth-order valence-corrected chi connectivity index (χ4v) is 4.02. The molecule has 2 heterocycles. The summed E-state index contributed by atoms with van der Waals surface area (Å²) in [5, 5.41) is 6.03. The van der Waals surface area contributed by atoms with Crippen molar-refractivity contribution in [1.29, 1.82) is 0 Å². The van der Waals surface area contributed by atoms with Gasteiger partial charge in [0.2, 0.25) is 5.91 Å². The third-order valence-corrected chi connectivity index (χ3v) is 5.34. The second-order valence-corrected chi connectivity index (χ2v) is 7.39. The Labute approximate surface area is 173 Å². The molecule has 0 radical (unpaired) electrons. The van der Waals surface area contributed by atoms with Crippen molar-refractivity contribution in [2.24, 2.45) is 0 Å². The fourth-order valence-electron chi connectivity index (χ4n) is 2.99. The lowest BCUT2D eigenvalue weighted by molar-refractivity contribution is -0.117. The quantitative estimate of drug-likeness (QED) is 0.710. The van der Waals surface area contributed by atoms with Crippen molar-refractivity contribution in [3.05, 3.63) is 28.8 Å². The van der Waals surface area contributed by atoms with Gasteiger partial charge in [-0.15, -0.1) is 0 Å². The zero-order chi connectivity index (χ0) is 20.8. The summed E-state index contributed by atoms with van der Waals surface area (Å²) in [4.78, 5) is 31.6. The van der Waals surface area contributed by atoms with Gasteiger partial charge in [-0.3, -0.25) is 15.0 Å². The van der Waals surface area contributed by atoms with Gasteiger partial charge < -0.3 is 19.5 Å². The van der Waals surface area contributed by atoms with Crippen molar-refractivity contribution in [1.82, 2.24) is 9.88 Å². The van der Waals surface area contributed by atoms with E-state index in [4.69, 9.17) is 14.2 Å². The Morgan fingerprint density at radius 1 is 1.24 bits per heavy atom. The van der Waals surface area contributed by atoms with Crippen LogP contribution in [0.1, 0.15) is 17.5 Å². The highest BCUT2D eigenvalue weighted by atomic mass is 32.1. The van der Waals surface area contributed by atoms with E-state index >= 15 is 0 Å². The topological polar surface area (TPSA) is 102 Å². The van der Waals surface area contributed by atoms with Crippen LogP contribution in [0, 0.1) is 0 Å². The van der Waals surface area contributed by atoms with Gasteiger partial charge in [-0.05, 0) is 19.1 Å². The zero-order valence-corrected chi connectivity index (χ0v) is 17.4. The number of aromatic nitrogens is 1. The van der Waals surface area contributed by atoms with Gasteiger partial charge in [-0.1, -0.05) is 11.3 Å². The largest absolute Gasteiger partial charge is 0.497 e. The van der Waals surface area contributed by atoms with E-state index in [2.05, 4.69) is 15.6 Å². The molecule has 0 spiro atoms. The Morgan fingerprint density at radius 2 is 2.07 bits per heavy atom. The SMILES string of the molecule is CCOC(=O)Nc1nc2c(s1)CN(CC(=O)Nc1ccc(OC)cc1OC)CC2. The molecule has 1 aromatic carbocycles. The zero-order valence-electron chi connectivity index (χ0n) is 16.6. The van der Waals surface area contributed by atoms with E-state index in [-0.39, 0.29) is 12.5 Å². The summed E-state index contributed by atoms with van der Waals surface area (Å²) in [5.41, 5.74) is 1.55. The summed E-state index contributed by atoms with van der Waals surface area (Å²) in [5.74, 6) is 1.06. The number of nitrogens with one attached hydrogen (secondary N) is 2. The number of fused-ring (bicyclic) bond motifs is 1. The smallest absolute Gasteiger partial charge is 0.413 e. The molecule has 156 valence electrons. The molecule has 0 saturated carbocycles. The van der Waals surface area contributed by atoms with Gasteiger partial charge in [-0.2, -0.15) is 0 Å². The molecule has 1 aliphatic heterocycles. The highest BCUT2D eigenvalue weighted by Gasteiger charge is 2.23. The lowest BCUT2D eigenvalue weighted by Crippen LogP contribution is -2.36. The minimum absolute atomic E-state index is 0.133. The molecular formula is C19H24N4O5S. The van der Waals surface area contributed by atoms with Crippen LogP contribution in [0.4, 0.5) is 15.6 Å². The van der Waals surface area contributed by atoms with E-state index in [1.165, 1.54) is 11.3 Å². The van der Waals surface area contributed by atoms with Crippen molar-refractivity contribution in [3.63, 3.8) is 0 Å². The van der Waals surface area contributed by atoms with Crippen LogP contribution in [0.15, 0.2) is 18.2 Å². The maximum Gasteiger partial charge on any atom is 0.413 e. The summed E-state index contributed by atoms with van der Waals surface area (Å²) in [6, 6.07) is 5.24. The molecule has 0 aliphatic carbocycles. The van der Waals surface area contributed by atoms with Gasteiger partial charge >= 0.3 is 6.09 Å². The van der Waals surface area contributed by atoms with Crippen molar-refractivity contribution in [2.45, 2.75) is 19.9 Å². The van der Waals surface area contributed by atoms with Gasteiger partial charge in [0.05, 0.1) is 38.8 Å². The number of carbonyl (C=O) groups is 2. The molecule has 2 aromatic rings. The minimum Gasteiger partial charge on any atom is -0.497 e. The number of anilines is 2. The molecule has 2 N–H and O–H groups in total.